The molecular weight excluding hydrogens is 416 g/mol. The number of likely N-dealkylation sites (N-methyl/N-ethyl adjacent to an activating group) is 1. The van der Waals surface area contributed by atoms with E-state index in [1.807, 2.05) is 38.0 Å². The zero-order valence-electron chi connectivity index (χ0n) is 19.6. The number of rotatable bonds is 3. The fourth-order valence-corrected chi connectivity index (χ4v) is 3.73. The van der Waals surface area contributed by atoms with E-state index in [1.165, 1.54) is 11.3 Å². The van der Waals surface area contributed by atoms with E-state index in [-0.39, 0.29) is 11.3 Å². The standard InChI is InChI=1S/C18H19N3.C7H13NO2.CH2O/c1-20-10-12-21(13-11-20)18-8-6-17(7-9-18)16-4-2-15(14-19)3-5-16;1-7(6(8)9)2-4-10-5-3-7;1-2/h2-9H,10-13H2,1H3;2-5H2,1H3,(H2,8,9);1H2. The molecule has 2 fully saturated rings. The van der Waals surface area contributed by atoms with Crippen LogP contribution in [0, 0.1) is 16.7 Å². The molecule has 4 rings (SSSR count). The summed E-state index contributed by atoms with van der Waals surface area (Å²) in [5.74, 6) is -0.198. The number of carbonyl (C=O) groups excluding carboxylic acids is 2. The van der Waals surface area contributed by atoms with Gasteiger partial charge in [-0.05, 0) is 55.3 Å². The van der Waals surface area contributed by atoms with E-state index < -0.39 is 0 Å². The average molecular weight is 451 g/mol. The molecule has 0 atom stereocenters. The third kappa shape index (κ3) is 7.41. The Morgan fingerprint density at radius 1 is 0.970 bits per heavy atom. The number of primary amides is 1. The van der Waals surface area contributed by atoms with Crippen LogP contribution in [0.5, 0.6) is 0 Å². The third-order valence-corrected chi connectivity index (χ3v) is 6.27. The van der Waals surface area contributed by atoms with Gasteiger partial charge in [0.1, 0.15) is 6.79 Å². The molecule has 0 bridgehead atoms. The van der Waals surface area contributed by atoms with Crippen molar-refractivity contribution < 1.29 is 14.3 Å². The topological polar surface area (TPSA) is 99.7 Å². The fourth-order valence-electron chi connectivity index (χ4n) is 3.73. The smallest absolute Gasteiger partial charge is 0.223 e. The molecule has 0 saturated carbocycles. The first-order valence-corrected chi connectivity index (χ1v) is 11.1. The lowest BCUT2D eigenvalue weighted by molar-refractivity contribution is -0.131. The molecule has 2 N–H and O–H groups in total. The summed E-state index contributed by atoms with van der Waals surface area (Å²) in [7, 11) is 2.17. The van der Waals surface area contributed by atoms with Gasteiger partial charge in [0.15, 0.2) is 0 Å². The molecule has 2 aromatic rings. The van der Waals surface area contributed by atoms with Crippen LogP contribution in [0.2, 0.25) is 0 Å². The first kappa shape index (κ1) is 26.0. The van der Waals surface area contributed by atoms with Crippen LogP contribution in [0.3, 0.4) is 0 Å². The van der Waals surface area contributed by atoms with Crippen molar-refractivity contribution in [3.8, 4) is 17.2 Å². The molecular formula is C26H34N4O3. The Balaban J connectivity index is 0.000000270. The molecule has 0 aromatic heterocycles. The number of nitrogens with two attached hydrogens (primary N) is 1. The van der Waals surface area contributed by atoms with Gasteiger partial charge in [0.25, 0.3) is 0 Å². The van der Waals surface area contributed by atoms with E-state index >= 15 is 0 Å². The minimum absolute atomic E-state index is 0.198. The van der Waals surface area contributed by atoms with Crippen LogP contribution in [0.4, 0.5) is 5.69 Å². The normalized spacial score (nSPS) is 17.4. The third-order valence-electron chi connectivity index (χ3n) is 6.27. The van der Waals surface area contributed by atoms with Crippen molar-refractivity contribution in [3.63, 3.8) is 0 Å². The second kappa shape index (κ2) is 12.7. The van der Waals surface area contributed by atoms with Crippen molar-refractivity contribution in [1.29, 1.82) is 5.26 Å². The lowest BCUT2D eigenvalue weighted by Crippen LogP contribution is -2.44. The number of carbonyl (C=O) groups is 2. The fraction of sp³-hybridized carbons (Fsp3) is 0.423. The van der Waals surface area contributed by atoms with E-state index in [1.54, 1.807) is 0 Å². The molecule has 176 valence electrons. The molecule has 0 aliphatic carbocycles. The lowest BCUT2D eigenvalue weighted by atomic mass is 9.82. The molecule has 7 heteroatoms. The SMILES string of the molecule is C=O.CC1(C(N)=O)CCOCC1.CN1CCN(c2ccc(-c3ccc(C#N)cc3)cc2)CC1. The second-order valence-corrected chi connectivity index (χ2v) is 8.56. The average Bonchev–Trinajstić information content (AvgIpc) is 2.87. The maximum atomic E-state index is 10.8. The predicted octanol–water partition coefficient (Wildman–Crippen LogP) is 3.08. The number of anilines is 1. The summed E-state index contributed by atoms with van der Waals surface area (Å²) in [4.78, 5) is 23.6. The second-order valence-electron chi connectivity index (χ2n) is 8.56. The Morgan fingerprint density at radius 3 is 1.88 bits per heavy atom. The molecule has 2 aliphatic rings. The number of benzene rings is 2. The molecule has 2 aromatic carbocycles. The minimum Gasteiger partial charge on any atom is -0.381 e. The summed E-state index contributed by atoms with van der Waals surface area (Å²) in [5, 5.41) is 8.84. The molecule has 2 aliphatic heterocycles. The van der Waals surface area contributed by atoms with Gasteiger partial charge in [0.2, 0.25) is 5.91 Å². The van der Waals surface area contributed by atoms with Crippen LogP contribution in [0.15, 0.2) is 48.5 Å². The van der Waals surface area contributed by atoms with Crippen molar-refractivity contribution in [2.45, 2.75) is 19.8 Å². The van der Waals surface area contributed by atoms with E-state index in [2.05, 4.69) is 47.2 Å². The Labute approximate surface area is 196 Å². The summed E-state index contributed by atoms with van der Waals surface area (Å²) in [5.41, 5.74) is 9.24. The molecule has 0 radical (unpaired) electrons. The van der Waals surface area contributed by atoms with Crippen molar-refractivity contribution in [2.75, 3.05) is 51.3 Å². The highest BCUT2D eigenvalue weighted by Gasteiger charge is 2.32. The number of amides is 1. The zero-order chi connectivity index (χ0) is 24.3. The van der Waals surface area contributed by atoms with Gasteiger partial charge in [-0.25, -0.2) is 0 Å². The maximum absolute atomic E-state index is 10.8. The van der Waals surface area contributed by atoms with Crippen LogP contribution in [-0.2, 0) is 14.3 Å². The highest BCUT2D eigenvalue weighted by atomic mass is 16.5. The Morgan fingerprint density at radius 2 is 1.45 bits per heavy atom. The van der Waals surface area contributed by atoms with Crippen LogP contribution in [0.25, 0.3) is 11.1 Å². The number of hydrogen-bond acceptors (Lipinski definition) is 6. The van der Waals surface area contributed by atoms with Gasteiger partial charge in [-0.3, -0.25) is 4.79 Å². The first-order chi connectivity index (χ1) is 15.9. The molecule has 0 unspecified atom stereocenters. The molecule has 2 saturated heterocycles. The van der Waals surface area contributed by atoms with Gasteiger partial charge in [-0.2, -0.15) is 5.26 Å². The highest BCUT2D eigenvalue weighted by Crippen LogP contribution is 2.28. The minimum atomic E-state index is -0.307. The molecule has 1 amide bonds. The summed E-state index contributed by atoms with van der Waals surface area (Å²) < 4.78 is 5.11. The van der Waals surface area contributed by atoms with Crippen LogP contribution in [0.1, 0.15) is 25.3 Å². The van der Waals surface area contributed by atoms with Gasteiger partial charge >= 0.3 is 0 Å². The number of piperazine rings is 1. The van der Waals surface area contributed by atoms with Gasteiger partial charge in [0.05, 0.1) is 17.0 Å². The largest absolute Gasteiger partial charge is 0.381 e. The van der Waals surface area contributed by atoms with Crippen LogP contribution < -0.4 is 10.6 Å². The molecule has 0 spiro atoms. The quantitative estimate of drug-likeness (QED) is 0.771. The molecule has 33 heavy (non-hydrogen) atoms. The van der Waals surface area contributed by atoms with Gasteiger partial charge in [0, 0.05) is 45.1 Å². The Bertz CT molecular complexity index is 908. The number of nitriles is 1. The highest BCUT2D eigenvalue weighted by molar-refractivity contribution is 5.80. The maximum Gasteiger partial charge on any atom is 0.223 e. The van der Waals surface area contributed by atoms with Crippen molar-refractivity contribution in [1.82, 2.24) is 4.90 Å². The first-order valence-electron chi connectivity index (χ1n) is 11.1. The predicted molar refractivity (Wildman–Crippen MR) is 131 cm³/mol. The summed E-state index contributed by atoms with van der Waals surface area (Å²) in [6.07, 6.45) is 1.53. The van der Waals surface area contributed by atoms with Crippen molar-refractivity contribution in [3.05, 3.63) is 54.1 Å². The van der Waals surface area contributed by atoms with E-state index in [0.717, 1.165) is 44.6 Å². The lowest BCUT2D eigenvalue weighted by Gasteiger charge is -2.34. The van der Waals surface area contributed by atoms with E-state index in [4.69, 9.17) is 20.5 Å². The Kier molecular flexibility index (Phi) is 10.0. The van der Waals surface area contributed by atoms with E-state index in [0.29, 0.717) is 18.8 Å². The Hall–Kier alpha value is -3.21. The number of hydrogen-bond donors (Lipinski definition) is 1. The van der Waals surface area contributed by atoms with Crippen LogP contribution in [-0.4, -0.2) is 64.0 Å². The number of nitrogens with zero attached hydrogens (tertiary/aromatic N) is 3. The molecule has 7 nitrogen and oxygen atoms in total. The number of ether oxygens (including phenoxy) is 1. The van der Waals surface area contributed by atoms with Crippen LogP contribution >= 0.6 is 0 Å². The van der Waals surface area contributed by atoms with Crippen molar-refractivity contribution >= 4 is 18.4 Å². The monoisotopic (exact) mass is 450 g/mol. The summed E-state index contributed by atoms with van der Waals surface area (Å²) in [6, 6.07) is 18.6. The van der Waals surface area contributed by atoms with E-state index in [9.17, 15) is 4.79 Å². The summed E-state index contributed by atoms with van der Waals surface area (Å²) >= 11 is 0. The summed E-state index contributed by atoms with van der Waals surface area (Å²) in [6.45, 7) is 9.66. The van der Waals surface area contributed by atoms with Gasteiger partial charge in [-0.15, -0.1) is 0 Å². The van der Waals surface area contributed by atoms with Gasteiger partial charge in [-0.1, -0.05) is 31.2 Å². The molecule has 2 heterocycles. The zero-order valence-corrected chi connectivity index (χ0v) is 19.6. The van der Waals surface area contributed by atoms with Crippen molar-refractivity contribution in [2.24, 2.45) is 11.1 Å². The van der Waals surface area contributed by atoms with Gasteiger partial charge < -0.3 is 25.1 Å².